The molecule has 0 atom stereocenters. The molecular formula is C28H29ClN6O5. The number of carbonyl (C=O) groups is 2. The summed E-state index contributed by atoms with van der Waals surface area (Å²) in [5.74, 6) is -0.853. The molecule has 2 heterocycles. The number of anilines is 3. The number of phenols is 1. The number of nitrogens with zero attached hydrogens (tertiary/aromatic N) is 3. The number of fused-ring (bicyclic) bond motifs is 1. The Kier molecular flexibility index (Phi) is 8.36. The first-order chi connectivity index (χ1) is 18.9. The van der Waals surface area contributed by atoms with Crippen LogP contribution in [0, 0.1) is 0 Å². The zero-order valence-electron chi connectivity index (χ0n) is 22.2. The van der Waals surface area contributed by atoms with Gasteiger partial charge >= 0.3 is 0 Å². The van der Waals surface area contributed by atoms with Crippen molar-refractivity contribution >= 4 is 51.8 Å². The van der Waals surface area contributed by atoms with Crippen LogP contribution in [0.15, 0.2) is 59.5 Å². The maximum atomic E-state index is 13.4. The predicted molar refractivity (Wildman–Crippen MR) is 154 cm³/mol. The predicted octanol–water partition coefficient (Wildman–Crippen LogP) is 4.17. The Hall–Kier alpha value is -4.48. The van der Waals surface area contributed by atoms with Gasteiger partial charge in [0.1, 0.15) is 17.0 Å². The highest BCUT2D eigenvalue weighted by molar-refractivity contribution is 6.34. The summed E-state index contributed by atoms with van der Waals surface area (Å²) in [6.07, 6.45) is 2.11. The monoisotopic (exact) mass is 564 g/mol. The quantitative estimate of drug-likeness (QED) is 0.202. The van der Waals surface area contributed by atoms with E-state index in [1.807, 2.05) is 6.92 Å². The molecule has 0 aliphatic rings. The lowest BCUT2D eigenvalue weighted by Crippen LogP contribution is -2.31. The Morgan fingerprint density at radius 2 is 1.93 bits per heavy atom. The van der Waals surface area contributed by atoms with Crippen LogP contribution in [0.4, 0.5) is 17.3 Å². The number of benzene rings is 2. The van der Waals surface area contributed by atoms with Crippen LogP contribution in [-0.2, 0) is 0 Å². The number of aliphatic hydroxyl groups is 1. The zero-order valence-corrected chi connectivity index (χ0v) is 22.9. The molecular weight excluding hydrogens is 536 g/mol. The van der Waals surface area contributed by atoms with Crippen molar-refractivity contribution in [2.24, 2.45) is 0 Å². The lowest BCUT2D eigenvalue weighted by atomic mass is 10.1. The first-order valence-corrected chi connectivity index (χ1v) is 12.9. The smallest absolute Gasteiger partial charge is 0.262 e. The van der Waals surface area contributed by atoms with Gasteiger partial charge in [-0.2, -0.15) is 4.98 Å². The molecule has 2 aromatic heterocycles. The molecule has 11 nitrogen and oxygen atoms in total. The molecule has 4 aromatic rings. The van der Waals surface area contributed by atoms with E-state index in [-0.39, 0.29) is 51.6 Å². The molecule has 0 saturated carbocycles. The van der Waals surface area contributed by atoms with Gasteiger partial charge in [-0.15, -0.1) is 0 Å². The van der Waals surface area contributed by atoms with Crippen molar-refractivity contribution in [1.82, 2.24) is 15.0 Å². The van der Waals surface area contributed by atoms with Crippen LogP contribution in [-0.4, -0.2) is 55.7 Å². The van der Waals surface area contributed by atoms with E-state index in [9.17, 15) is 24.6 Å². The van der Waals surface area contributed by atoms with E-state index in [0.29, 0.717) is 24.0 Å². The Balaban J connectivity index is 1.58. The van der Waals surface area contributed by atoms with Crippen LogP contribution >= 0.6 is 11.6 Å². The number of amides is 2. The second-order valence-corrected chi connectivity index (χ2v) is 10.2. The van der Waals surface area contributed by atoms with Crippen LogP contribution in [0.1, 0.15) is 47.9 Å². The molecule has 5 N–H and O–H groups in total. The number of H-pyrrole nitrogens is 1. The number of aromatic hydroxyl groups is 1. The molecule has 0 radical (unpaired) electrons. The molecule has 208 valence electrons. The molecule has 4 rings (SSSR count). The van der Waals surface area contributed by atoms with E-state index >= 15 is 0 Å². The molecule has 40 heavy (non-hydrogen) atoms. The van der Waals surface area contributed by atoms with Crippen LogP contribution in [0.25, 0.3) is 11.0 Å². The molecule has 2 amide bonds. The summed E-state index contributed by atoms with van der Waals surface area (Å²) in [7, 11) is 0. The number of rotatable bonds is 9. The van der Waals surface area contributed by atoms with Crippen LogP contribution in [0.5, 0.6) is 5.75 Å². The highest BCUT2D eigenvalue weighted by Gasteiger charge is 2.21. The van der Waals surface area contributed by atoms with Gasteiger partial charge in [0.2, 0.25) is 5.95 Å². The van der Waals surface area contributed by atoms with Gasteiger partial charge in [-0.25, -0.2) is 4.98 Å². The SMILES string of the molecule is CCCN(C(=O)c1ccc(Cl)c(NC(=O)c2cc3cnc(NCC(C)(C)O)nc3[nH]c2=O)c1)c1cccc(O)c1. The van der Waals surface area contributed by atoms with Crippen molar-refractivity contribution in [3.05, 3.63) is 81.2 Å². The standard InChI is InChI=1S/C28H29ClN6O5/c1-4-10-35(18-6-5-7-19(36)13-18)26(39)16-8-9-21(29)22(12-16)32-24(37)20-11-17-14-30-27(31-15-28(2,3)40)34-23(17)33-25(20)38/h5-9,11-14,36,40H,4,10,15H2,1-3H3,(H,32,37)(H2,30,31,33,34,38). The summed E-state index contributed by atoms with van der Waals surface area (Å²) in [4.78, 5) is 51.7. The molecule has 0 fully saturated rings. The molecule has 12 heteroatoms. The number of halogens is 1. The minimum absolute atomic E-state index is 0.0306. The van der Waals surface area contributed by atoms with Crippen LogP contribution in [0.3, 0.4) is 0 Å². The average Bonchev–Trinajstić information content (AvgIpc) is 2.90. The molecule has 0 saturated heterocycles. The topological polar surface area (TPSA) is 161 Å². The van der Waals surface area contributed by atoms with Crippen LogP contribution < -0.4 is 21.1 Å². The van der Waals surface area contributed by atoms with E-state index in [2.05, 4.69) is 25.6 Å². The highest BCUT2D eigenvalue weighted by atomic mass is 35.5. The Morgan fingerprint density at radius 3 is 2.62 bits per heavy atom. The molecule has 0 bridgehead atoms. The first kappa shape index (κ1) is 28.5. The van der Waals surface area contributed by atoms with Crippen molar-refractivity contribution in [3.63, 3.8) is 0 Å². The van der Waals surface area contributed by atoms with Gasteiger partial charge in [-0.05, 0) is 56.7 Å². The maximum Gasteiger partial charge on any atom is 0.262 e. The number of aromatic nitrogens is 3. The van der Waals surface area contributed by atoms with E-state index in [1.165, 1.54) is 47.5 Å². The summed E-state index contributed by atoms with van der Waals surface area (Å²) in [5.41, 5.74) is -0.739. The van der Waals surface area contributed by atoms with Gasteiger partial charge < -0.3 is 30.7 Å². The van der Waals surface area contributed by atoms with Gasteiger partial charge in [0.25, 0.3) is 17.4 Å². The third-order valence-electron chi connectivity index (χ3n) is 5.81. The van der Waals surface area contributed by atoms with Gasteiger partial charge in [0.05, 0.1) is 16.3 Å². The van der Waals surface area contributed by atoms with Gasteiger partial charge in [0, 0.05) is 42.0 Å². The summed E-state index contributed by atoms with van der Waals surface area (Å²) in [6.45, 7) is 5.77. The third kappa shape index (κ3) is 6.74. The van der Waals surface area contributed by atoms with Crippen molar-refractivity contribution in [3.8, 4) is 5.75 Å². The molecule has 0 spiro atoms. The highest BCUT2D eigenvalue weighted by Crippen LogP contribution is 2.27. The second-order valence-electron chi connectivity index (χ2n) is 9.80. The van der Waals surface area contributed by atoms with E-state index in [1.54, 1.807) is 26.0 Å². The summed E-state index contributed by atoms with van der Waals surface area (Å²) in [6, 6.07) is 12.2. The van der Waals surface area contributed by atoms with Crippen molar-refractivity contribution in [1.29, 1.82) is 0 Å². The van der Waals surface area contributed by atoms with Gasteiger partial charge in [-0.1, -0.05) is 24.6 Å². The molecule has 0 aliphatic carbocycles. The third-order valence-corrected chi connectivity index (χ3v) is 6.14. The van der Waals surface area contributed by atoms with Crippen LogP contribution in [0.2, 0.25) is 5.02 Å². The summed E-state index contributed by atoms with van der Waals surface area (Å²) >= 11 is 6.32. The van der Waals surface area contributed by atoms with E-state index < -0.39 is 17.1 Å². The molecule has 0 unspecified atom stereocenters. The number of carbonyl (C=O) groups excluding carboxylic acids is 2. The molecule has 2 aromatic carbocycles. The zero-order chi connectivity index (χ0) is 29.0. The van der Waals surface area contributed by atoms with Gasteiger partial charge in [0.15, 0.2) is 0 Å². The lowest BCUT2D eigenvalue weighted by Gasteiger charge is -2.23. The van der Waals surface area contributed by atoms with Crippen molar-refractivity contribution in [2.45, 2.75) is 32.8 Å². The second kappa shape index (κ2) is 11.7. The number of nitrogens with one attached hydrogen (secondary N) is 3. The van der Waals surface area contributed by atoms with Gasteiger partial charge in [-0.3, -0.25) is 14.4 Å². The maximum absolute atomic E-state index is 13.4. The fourth-order valence-corrected chi connectivity index (χ4v) is 4.04. The summed E-state index contributed by atoms with van der Waals surface area (Å²) in [5, 5.41) is 25.8. The van der Waals surface area contributed by atoms with E-state index in [0.717, 1.165) is 0 Å². The largest absolute Gasteiger partial charge is 0.508 e. The number of phenolic OH excluding ortho intramolecular Hbond substituents is 1. The van der Waals surface area contributed by atoms with Crippen molar-refractivity contribution in [2.75, 3.05) is 28.6 Å². The first-order valence-electron chi connectivity index (χ1n) is 12.5. The number of aromatic amines is 1. The Morgan fingerprint density at radius 1 is 1.15 bits per heavy atom. The molecule has 0 aliphatic heterocycles. The fraction of sp³-hybridized carbons (Fsp3) is 0.250. The summed E-state index contributed by atoms with van der Waals surface area (Å²) < 4.78 is 0. The number of hydrogen-bond acceptors (Lipinski definition) is 8. The number of hydrogen-bond donors (Lipinski definition) is 5. The Bertz CT molecular complexity index is 1630. The van der Waals surface area contributed by atoms with E-state index in [4.69, 9.17) is 11.6 Å². The number of pyridine rings is 1. The fourth-order valence-electron chi connectivity index (χ4n) is 3.87. The average molecular weight is 565 g/mol. The Labute approximate surface area is 234 Å². The minimum Gasteiger partial charge on any atom is -0.508 e. The van der Waals surface area contributed by atoms with Crippen molar-refractivity contribution < 1.29 is 19.8 Å². The lowest BCUT2D eigenvalue weighted by molar-refractivity contribution is 0.0942. The normalized spacial score (nSPS) is 11.3. The minimum atomic E-state index is -0.990.